The normalized spacial score (nSPS) is 17.2. The van der Waals surface area contributed by atoms with Gasteiger partial charge in [-0.2, -0.15) is 0 Å². The van der Waals surface area contributed by atoms with Crippen LogP contribution in [0.4, 0.5) is 0 Å². The van der Waals surface area contributed by atoms with Gasteiger partial charge in [-0.25, -0.2) is 0 Å². The van der Waals surface area contributed by atoms with E-state index in [1.54, 1.807) is 24.3 Å². The van der Waals surface area contributed by atoms with Gasteiger partial charge in [0.05, 0.1) is 13.0 Å². The smallest absolute Gasteiger partial charge is 0.310 e. The lowest BCUT2D eigenvalue weighted by atomic mass is 9.94. The Morgan fingerprint density at radius 2 is 1.84 bits per heavy atom. The molecule has 1 saturated carbocycles. The number of amides is 1. The fourth-order valence-corrected chi connectivity index (χ4v) is 3.69. The molecule has 0 saturated heterocycles. The summed E-state index contributed by atoms with van der Waals surface area (Å²) in [5.74, 6) is -0.683. The van der Waals surface area contributed by atoms with Crippen molar-refractivity contribution in [3.8, 4) is 0 Å². The number of rotatable bonds is 5. The van der Waals surface area contributed by atoms with Crippen molar-refractivity contribution >= 4 is 23.5 Å². The summed E-state index contributed by atoms with van der Waals surface area (Å²) in [5.41, 5.74) is 0.576. The molecule has 25 heavy (non-hydrogen) atoms. The molecule has 0 aliphatic heterocycles. The Bertz CT molecular complexity index is 582. The number of nitrogens with zero attached hydrogens (tertiary/aromatic N) is 1. The van der Waals surface area contributed by atoms with Crippen LogP contribution in [0.15, 0.2) is 24.3 Å². The zero-order valence-corrected chi connectivity index (χ0v) is 15.9. The minimum atomic E-state index is -0.349. The van der Waals surface area contributed by atoms with Gasteiger partial charge in [0, 0.05) is 23.2 Å². The SMILES string of the molecule is COC(=O)C(C)CN(C(=O)c1cccc(Cl)c1)C1CCCCCCC1. The lowest BCUT2D eigenvalue weighted by Gasteiger charge is -2.34. The van der Waals surface area contributed by atoms with Crippen molar-refractivity contribution in [3.05, 3.63) is 34.9 Å². The van der Waals surface area contributed by atoms with Crippen LogP contribution >= 0.6 is 11.6 Å². The lowest BCUT2D eigenvalue weighted by molar-refractivity contribution is -0.145. The molecule has 138 valence electrons. The molecule has 1 atom stereocenters. The maximum atomic E-state index is 13.2. The molecule has 1 aromatic rings. The van der Waals surface area contributed by atoms with Crippen LogP contribution in [-0.2, 0) is 9.53 Å². The highest BCUT2D eigenvalue weighted by Gasteiger charge is 2.29. The molecule has 0 spiro atoms. The number of halogens is 1. The summed E-state index contributed by atoms with van der Waals surface area (Å²) in [6.07, 6.45) is 7.91. The predicted molar refractivity (Wildman–Crippen MR) is 99.8 cm³/mol. The summed E-state index contributed by atoms with van der Waals surface area (Å²) in [5, 5.41) is 0.546. The molecule has 0 bridgehead atoms. The maximum absolute atomic E-state index is 13.2. The molecule has 1 fully saturated rings. The van der Waals surface area contributed by atoms with Crippen LogP contribution in [0.2, 0.25) is 5.02 Å². The number of ether oxygens (including phenoxy) is 1. The topological polar surface area (TPSA) is 46.6 Å². The van der Waals surface area contributed by atoms with Gasteiger partial charge in [-0.3, -0.25) is 9.59 Å². The van der Waals surface area contributed by atoms with E-state index in [2.05, 4.69) is 0 Å². The van der Waals surface area contributed by atoms with Gasteiger partial charge in [0.15, 0.2) is 0 Å². The van der Waals surface area contributed by atoms with Crippen LogP contribution in [0, 0.1) is 5.92 Å². The third-order valence-corrected chi connectivity index (χ3v) is 5.16. The van der Waals surface area contributed by atoms with Gasteiger partial charge in [0.1, 0.15) is 0 Å². The fourth-order valence-electron chi connectivity index (χ4n) is 3.50. The number of carbonyl (C=O) groups is 2. The van der Waals surface area contributed by atoms with E-state index >= 15 is 0 Å². The fraction of sp³-hybridized carbons (Fsp3) is 0.600. The first kappa shape index (κ1) is 19.8. The largest absolute Gasteiger partial charge is 0.469 e. The summed E-state index contributed by atoms with van der Waals surface area (Å²) in [7, 11) is 1.39. The Hall–Kier alpha value is -1.55. The maximum Gasteiger partial charge on any atom is 0.310 e. The molecule has 4 nitrogen and oxygen atoms in total. The average molecular weight is 366 g/mol. The zero-order chi connectivity index (χ0) is 18.2. The van der Waals surface area contributed by atoms with Crippen molar-refractivity contribution in [1.82, 2.24) is 4.90 Å². The highest BCUT2D eigenvalue weighted by Crippen LogP contribution is 2.25. The second-order valence-corrected chi connectivity index (χ2v) is 7.33. The minimum Gasteiger partial charge on any atom is -0.469 e. The van der Waals surface area contributed by atoms with Gasteiger partial charge in [-0.05, 0) is 31.0 Å². The Morgan fingerprint density at radius 1 is 1.20 bits per heavy atom. The molecule has 1 aromatic carbocycles. The van der Waals surface area contributed by atoms with Gasteiger partial charge in [-0.1, -0.05) is 56.7 Å². The molecule has 1 aliphatic rings. The van der Waals surface area contributed by atoms with Crippen molar-refractivity contribution in [2.45, 2.75) is 57.9 Å². The van der Waals surface area contributed by atoms with E-state index in [0.29, 0.717) is 17.1 Å². The van der Waals surface area contributed by atoms with E-state index in [4.69, 9.17) is 16.3 Å². The molecular formula is C20H28ClNO3. The van der Waals surface area contributed by atoms with Gasteiger partial charge < -0.3 is 9.64 Å². The molecule has 1 amide bonds. The lowest BCUT2D eigenvalue weighted by Crippen LogP contribution is -2.44. The van der Waals surface area contributed by atoms with E-state index in [-0.39, 0.29) is 23.8 Å². The summed E-state index contributed by atoms with van der Waals surface area (Å²) in [4.78, 5) is 26.9. The van der Waals surface area contributed by atoms with Crippen molar-refractivity contribution in [3.63, 3.8) is 0 Å². The van der Waals surface area contributed by atoms with Gasteiger partial charge in [0.25, 0.3) is 5.91 Å². The predicted octanol–water partition coefficient (Wildman–Crippen LogP) is 4.70. The number of esters is 1. The molecule has 0 N–H and O–H groups in total. The van der Waals surface area contributed by atoms with Crippen LogP contribution in [0.25, 0.3) is 0 Å². The van der Waals surface area contributed by atoms with Crippen molar-refractivity contribution in [1.29, 1.82) is 0 Å². The van der Waals surface area contributed by atoms with Crippen molar-refractivity contribution in [2.24, 2.45) is 5.92 Å². The van der Waals surface area contributed by atoms with Crippen molar-refractivity contribution in [2.75, 3.05) is 13.7 Å². The van der Waals surface area contributed by atoms with Gasteiger partial charge in [0.2, 0.25) is 0 Å². The van der Waals surface area contributed by atoms with Gasteiger partial charge in [-0.15, -0.1) is 0 Å². The quantitative estimate of drug-likeness (QED) is 0.710. The molecule has 0 heterocycles. The Labute approximate surface area is 155 Å². The molecule has 1 aliphatic carbocycles. The van der Waals surface area contributed by atoms with Crippen LogP contribution in [0.1, 0.15) is 62.2 Å². The second kappa shape index (κ2) is 9.81. The average Bonchev–Trinajstić information content (AvgIpc) is 2.58. The summed E-state index contributed by atoms with van der Waals surface area (Å²) < 4.78 is 4.85. The molecule has 0 radical (unpaired) electrons. The summed E-state index contributed by atoms with van der Waals surface area (Å²) >= 11 is 6.06. The van der Waals surface area contributed by atoms with E-state index in [1.165, 1.54) is 26.4 Å². The summed E-state index contributed by atoms with van der Waals surface area (Å²) in [6, 6.07) is 7.19. The molecule has 2 rings (SSSR count). The minimum absolute atomic E-state index is 0.0520. The number of carbonyl (C=O) groups excluding carboxylic acids is 2. The molecule has 0 aromatic heterocycles. The number of hydrogen-bond acceptors (Lipinski definition) is 3. The molecule has 1 unspecified atom stereocenters. The van der Waals surface area contributed by atoms with Crippen LogP contribution in [0.3, 0.4) is 0 Å². The van der Waals surface area contributed by atoms with Crippen molar-refractivity contribution < 1.29 is 14.3 Å². The number of hydrogen-bond donors (Lipinski definition) is 0. The molecular weight excluding hydrogens is 338 g/mol. The molecule has 5 heteroatoms. The van der Waals surface area contributed by atoms with Crippen LogP contribution in [-0.4, -0.2) is 36.5 Å². The number of benzene rings is 1. The zero-order valence-electron chi connectivity index (χ0n) is 15.2. The Balaban J connectivity index is 2.23. The monoisotopic (exact) mass is 365 g/mol. The first-order chi connectivity index (χ1) is 12.0. The van der Waals surface area contributed by atoms with Crippen LogP contribution in [0.5, 0.6) is 0 Å². The van der Waals surface area contributed by atoms with E-state index in [1.807, 2.05) is 11.8 Å². The number of methoxy groups -OCH3 is 1. The Kier molecular flexibility index (Phi) is 7.76. The van der Waals surface area contributed by atoms with Crippen LogP contribution < -0.4 is 0 Å². The first-order valence-corrected chi connectivity index (χ1v) is 9.55. The second-order valence-electron chi connectivity index (χ2n) is 6.89. The first-order valence-electron chi connectivity index (χ1n) is 9.17. The Morgan fingerprint density at radius 3 is 2.44 bits per heavy atom. The van der Waals surface area contributed by atoms with Gasteiger partial charge >= 0.3 is 5.97 Å². The highest BCUT2D eigenvalue weighted by molar-refractivity contribution is 6.30. The standard InChI is InChI=1S/C20H28ClNO3/c1-15(20(24)25-2)14-22(18-11-6-4-3-5-7-12-18)19(23)16-9-8-10-17(21)13-16/h8-10,13,15,18H,3-7,11-12,14H2,1-2H3. The third-order valence-electron chi connectivity index (χ3n) is 4.92. The van der Waals surface area contributed by atoms with E-state index in [9.17, 15) is 9.59 Å². The summed E-state index contributed by atoms with van der Waals surface area (Å²) in [6.45, 7) is 2.19. The third kappa shape index (κ3) is 5.74. The van der Waals surface area contributed by atoms with E-state index < -0.39 is 0 Å². The van der Waals surface area contributed by atoms with E-state index in [0.717, 1.165) is 25.7 Å². The highest BCUT2D eigenvalue weighted by atomic mass is 35.5.